The Bertz CT molecular complexity index is 659. The van der Waals surface area contributed by atoms with Crippen molar-refractivity contribution >= 4 is 11.9 Å². The number of allylic oxidation sites excluding steroid dienone is 1. The van der Waals surface area contributed by atoms with E-state index in [9.17, 15) is 4.79 Å². The molecule has 0 radical (unpaired) electrons. The number of ether oxygens (including phenoxy) is 2. The van der Waals surface area contributed by atoms with Gasteiger partial charge in [-0.05, 0) is 37.3 Å². The maximum absolute atomic E-state index is 12.1. The molecular formula is C16H18N2O3. The molecule has 0 unspecified atom stereocenters. The van der Waals surface area contributed by atoms with Crippen LogP contribution in [0.25, 0.3) is 6.08 Å². The molecule has 0 N–H and O–H groups in total. The average Bonchev–Trinajstić information content (AvgIpc) is 3.01. The summed E-state index contributed by atoms with van der Waals surface area (Å²) in [6, 6.07) is 5.43. The Morgan fingerprint density at radius 1 is 1.33 bits per heavy atom. The fraction of sp³-hybridized carbons (Fsp3) is 0.250. The van der Waals surface area contributed by atoms with E-state index in [2.05, 4.69) is 5.10 Å². The van der Waals surface area contributed by atoms with Crippen LogP contribution >= 0.6 is 0 Å². The van der Waals surface area contributed by atoms with Gasteiger partial charge < -0.3 is 9.47 Å². The van der Waals surface area contributed by atoms with Crippen LogP contribution in [0.15, 0.2) is 36.7 Å². The SMILES string of the molecule is CCn1cc(C(=O)/C=C/c2cc(OC)ccc2OC)cn1. The van der Waals surface area contributed by atoms with E-state index in [1.54, 1.807) is 43.4 Å². The van der Waals surface area contributed by atoms with Crippen LogP contribution in [0.4, 0.5) is 0 Å². The van der Waals surface area contributed by atoms with Crippen molar-refractivity contribution in [3.05, 3.63) is 47.8 Å². The highest BCUT2D eigenvalue weighted by molar-refractivity contribution is 6.06. The molecule has 1 aromatic heterocycles. The summed E-state index contributed by atoms with van der Waals surface area (Å²) < 4.78 is 12.2. The Kier molecular flexibility index (Phi) is 4.77. The highest BCUT2D eigenvalue weighted by Crippen LogP contribution is 2.25. The van der Waals surface area contributed by atoms with Crippen molar-refractivity contribution in [3.8, 4) is 11.5 Å². The number of rotatable bonds is 6. The zero-order valence-electron chi connectivity index (χ0n) is 12.4. The number of benzene rings is 1. The molecule has 0 atom stereocenters. The maximum Gasteiger partial charge on any atom is 0.189 e. The second kappa shape index (κ2) is 6.74. The van der Waals surface area contributed by atoms with Crippen LogP contribution < -0.4 is 9.47 Å². The molecule has 0 saturated heterocycles. The van der Waals surface area contributed by atoms with Crippen molar-refractivity contribution in [1.29, 1.82) is 0 Å². The van der Waals surface area contributed by atoms with Crippen LogP contribution in [0.2, 0.25) is 0 Å². The Labute approximate surface area is 123 Å². The molecule has 0 aliphatic carbocycles. The standard InChI is InChI=1S/C16H18N2O3/c1-4-18-11-13(10-17-18)15(19)7-5-12-9-14(20-2)6-8-16(12)21-3/h5-11H,4H2,1-3H3/b7-5+. The zero-order valence-corrected chi connectivity index (χ0v) is 12.4. The second-order valence-corrected chi connectivity index (χ2v) is 4.39. The number of aryl methyl sites for hydroxylation is 1. The first kappa shape index (κ1) is 14.8. The summed E-state index contributed by atoms with van der Waals surface area (Å²) in [5.41, 5.74) is 1.35. The topological polar surface area (TPSA) is 53.4 Å². The third kappa shape index (κ3) is 3.51. The molecule has 2 aromatic rings. The van der Waals surface area contributed by atoms with Crippen LogP contribution in [0.1, 0.15) is 22.8 Å². The quantitative estimate of drug-likeness (QED) is 0.605. The van der Waals surface area contributed by atoms with Gasteiger partial charge >= 0.3 is 0 Å². The molecule has 0 bridgehead atoms. The first-order valence-corrected chi connectivity index (χ1v) is 6.64. The van der Waals surface area contributed by atoms with Gasteiger partial charge in [0.05, 0.1) is 26.0 Å². The first-order chi connectivity index (χ1) is 10.2. The lowest BCUT2D eigenvalue weighted by Gasteiger charge is -2.06. The molecule has 110 valence electrons. The van der Waals surface area contributed by atoms with Gasteiger partial charge in [0.2, 0.25) is 0 Å². The molecule has 2 rings (SSSR count). The van der Waals surface area contributed by atoms with Crippen molar-refractivity contribution in [2.45, 2.75) is 13.5 Å². The molecule has 0 aliphatic heterocycles. The number of hydrogen-bond acceptors (Lipinski definition) is 4. The monoisotopic (exact) mass is 286 g/mol. The summed E-state index contributed by atoms with van der Waals surface area (Å²) in [6.45, 7) is 2.71. The summed E-state index contributed by atoms with van der Waals surface area (Å²) in [5.74, 6) is 1.30. The Morgan fingerprint density at radius 3 is 2.76 bits per heavy atom. The van der Waals surface area contributed by atoms with Crippen molar-refractivity contribution in [3.63, 3.8) is 0 Å². The molecule has 0 spiro atoms. The van der Waals surface area contributed by atoms with E-state index in [1.807, 2.05) is 19.1 Å². The summed E-state index contributed by atoms with van der Waals surface area (Å²) in [4.78, 5) is 12.1. The highest BCUT2D eigenvalue weighted by Gasteiger charge is 2.06. The second-order valence-electron chi connectivity index (χ2n) is 4.39. The van der Waals surface area contributed by atoms with E-state index in [-0.39, 0.29) is 5.78 Å². The van der Waals surface area contributed by atoms with Crippen LogP contribution in [0, 0.1) is 0 Å². The van der Waals surface area contributed by atoms with Crippen LogP contribution in [0.3, 0.4) is 0 Å². The molecule has 5 nitrogen and oxygen atoms in total. The van der Waals surface area contributed by atoms with Gasteiger partial charge in [-0.3, -0.25) is 9.48 Å². The van der Waals surface area contributed by atoms with E-state index in [0.29, 0.717) is 17.1 Å². The summed E-state index contributed by atoms with van der Waals surface area (Å²) in [6.07, 6.45) is 6.52. The maximum atomic E-state index is 12.1. The molecule has 1 heterocycles. The van der Waals surface area contributed by atoms with Gasteiger partial charge in [0.1, 0.15) is 11.5 Å². The fourth-order valence-corrected chi connectivity index (χ4v) is 1.90. The van der Waals surface area contributed by atoms with Gasteiger partial charge in [-0.2, -0.15) is 5.10 Å². The lowest BCUT2D eigenvalue weighted by Crippen LogP contribution is -1.95. The van der Waals surface area contributed by atoms with E-state index in [0.717, 1.165) is 12.1 Å². The molecule has 0 saturated carbocycles. The van der Waals surface area contributed by atoms with Gasteiger partial charge in [-0.25, -0.2) is 0 Å². The van der Waals surface area contributed by atoms with E-state index >= 15 is 0 Å². The van der Waals surface area contributed by atoms with E-state index in [1.165, 1.54) is 6.08 Å². The lowest BCUT2D eigenvalue weighted by atomic mass is 10.1. The number of methoxy groups -OCH3 is 2. The van der Waals surface area contributed by atoms with Gasteiger partial charge in [-0.15, -0.1) is 0 Å². The summed E-state index contributed by atoms with van der Waals surface area (Å²) in [5, 5.41) is 4.09. The van der Waals surface area contributed by atoms with Gasteiger partial charge in [0.15, 0.2) is 5.78 Å². The number of carbonyl (C=O) groups excluding carboxylic acids is 1. The largest absolute Gasteiger partial charge is 0.497 e. The predicted octanol–water partition coefficient (Wildman–Crippen LogP) is 2.82. The Balaban J connectivity index is 2.21. The smallest absolute Gasteiger partial charge is 0.189 e. The minimum absolute atomic E-state index is 0.0976. The molecule has 0 amide bonds. The number of aromatic nitrogens is 2. The van der Waals surface area contributed by atoms with Crippen molar-refractivity contribution in [1.82, 2.24) is 9.78 Å². The van der Waals surface area contributed by atoms with Crippen LogP contribution in [-0.2, 0) is 6.54 Å². The zero-order chi connectivity index (χ0) is 15.2. The van der Waals surface area contributed by atoms with E-state index in [4.69, 9.17) is 9.47 Å². The van der Waals surface area contributed by atoms with Gasteiger partial charge in [0.25, 0.3) is 0 Å². The Morgan fingerprint density at radius 2 is 2.14 bits per heavy atom. The number of carbonyl (C=O) groups is 1. The number of nitrogens with zero attached hydrogens (tertiary/aromatic N) is 2. The fourth-order valence-electron chi connectivity index (χ4n) is 1.90. The molecule has 0 fully saturated rings. The van der Waals surface area contributed by atoms with Crippen LogP contribution in [0.5, 0.6) is 11.5 Å². The van der Waals surface area contributed by atoms with E-state index < -0.39 is 0 Å². The predicted molar refractivity (Wildman–Crippen MR) is 80.8 cm³/mol. The third-order valence-corrected chi connectivity index (χ3v) is 3.09. The molecule has 21 heavy (non-hydrogen) atoms. The van der Waals surface area contributed by atoms with Gasteiger partial charge in [-0.1, -0.05) is 0 Å². The normalized spacial score (nSPS) is 10.8. The summed E-state index contributed by atoms with van der Waals surface area (Å²) in [7, 11) is 3.19. The van der Waals surface area contributed by atoms with Crippen LogP contribution in [-0.4, -0.2) is 29.8 Å². The number of hydrogen-bond donors (Lipinski definition) is 0. The van der Waals surface area contributed by atoms with Gasteiger partial charge in [0, 0.05) is 18.3 Å². The molecule has 5 heteroatoms. The lowest BCUT2D eigenvalue weighted by molar-refractivity contribution is 0.104. The Hall–Kier alpha value is -2.56. The average molecular weight is 286 g/mol. The number of ketones is 1. The molecule has 0 aliphatic rings. The van der Waals surface area contributed by atoms with Crippen molar-refractivity contribution < 1.29 is 14.3 Å². The summed E-state index contributed by atoms with van der Waals surface area (Å²) >= 11 is 0. The highest BCUT2D eigenvalue weighted by atomic mass is 16.5. The minimum atomic E-state index is -0.0976. The minimum Gasteiger partial charge on any atom is -0.497 e. The van der Waals surface area contributed by atoms with Crippen molar-refractivity contribution in [2.24, 2.45) is 0 Å². The molecular weight excluding hydrogens is 268 g/mol. The third-order valence-electron chi connectivity index (χ3n) is 3.09. The van der Waals surface area contributed by atoms with Crippen molar-refractivity contribution in [2.75, 3.05) is 14.2 Å². The first-order valence-electron chi connectivity index (χ1n) is 6.64. The molecule has 1 aromatic carbocycles.